The number of alkyl carbamates (subject to hydrolysis) is 1. The second-order valence-corrected chi connectivity index (χ2v) is 4.12. The number of nitrogens with one attached hydrogen (secondary N) is 2. The molecule has 0 atom stereocenters. The van der Waals surface area contributed by atoms with Crippen LogP contribution in [-0.2, 0) is 4.74 Å². The summed E-state index contributed by atoms with van der Waals surface area (Å²) in [7, 11) is 0. The van der Waals surface area contributed by atoms with Crippen molar-refractivity contribution in [2.24, 2.45) is 5.73 Å². The Labute approximate surface area is 94.6 Å². The zero-order valence-corrected chi connectivity index (χ0v) is 9.86. The molecule has 0 aliphatic rings. The number of carbonyl (C=O) groups is 1. The smallest absolute Gasteiger partial charge is 0.407 e. The molecule has 6 heteroatoms. The Bertz CT molecular complexity index is 200. The van der Waals surface area contributed by atoms with E-state index >= 15 is 0 Å². The molecule has 0 aromatic rings. The maximum atomic E-state index is 11.0. The molecule has 0 aliphatic heterocycles. The minimum Gasteiger partial charge on any atom is -0.450 e. The van der Waals surface area contributed by atoms with E-state index in [0.717, 1.165) is 19.3 Å². The van der Waals surface area contributed by atoms with Gasteiger partial charge in [-0.15, -0.1) is 0 Å². The maximum absolute atomic E-state index is 11.0. The Balaban J connectivity index is 3.22. The number of nitrogens with two attached hydrogens (primary N) is 1. The molecule has 0 unspecified atom stereocenters. The molecule has 88 valence electrons. The molecule has 0 saturated carbocycles. The van der Waals surface area contributed by atoms with Gasteiger partial charge in [0.1, 0.15) is 0 Å². The van der Waals surface area contributed by atoms with Gasteiger partial charge in [-0.3, -0.25) is 5.41 Å². The van der Waals surface area contributed by atoms with E-state index in [-0.39, 0.29) is 5.17 Å². The molecular formula is C9H19N3O2S. The highest BCUT2D eigenvalue weighted by Crippen LogP contribution is 1.96. The molecule has 5 nitrogen and oxygen atoms in total. The molecule has 4 N–H and O–H groups in total. The van der Waals surface area contributed by atoms with E-state index in [1.54, 1.807) is 0 Å². The van der Waals surface area contributed by atoms with E-state index in [1.807, 2.05) is 0 Å². The van der Waals surface area contributed by atoms with Crippen molar-refractivity contribution in [3.05, 3.63) is 0 Å². The first-order valence-electron chi connectivity index (χ1n) is 5.04. The number of amides is 1. The summed E-state index contributed by atoms with van der Waals surface area (Å²) in [5.41, 5.74) is 5.13. The van der Waals surface area contributed by atoms with Crippen LogP contribution in [0.4, 0.5) is 4.79 Å². The first-order chi connectivity index (χ1) is 7.16. The molecule has 0 saturated heterocycles. The molecule has 0 aliphatic carbocycles. The van der Waals surface area contributed by atoms with Crippen molar-refractivity contribution >= 4 is 23.0 Å². The van der Waals surface area contributed by atoms with Gasteiger partial charge in [0.25, 0.3) is 0 Å². The SMILES string of the molecule is CCCCCOC(=O)NCCSC(=N)N. The van der Waals surface area contributed by atoms with E-state index in [0.29, 0.717) is 18.9 Å². The van der Waals surface area contributed by atoms with Crippen LogP contribution >= 0.6 is 11.8 Å². The lowest BCUT2D eigenvalue weighted by atomic mass is 10.3. The molecule has 0 aromatic heterocycles. The van der Waals surface area contributed by atoms with Gasteiger partial charge in [0.2, 0.25) is 0 Å². The minimum absolute atomic E-state index is 0.0631. The third-order valence-corrected chi connectivity index (χ3v) is 2.33. The predicted octanol–water partition coefficient (Wildman–Crippen LogP) is 1.53. The standard InChI is InChI=1S/C9H19N3O2S/c1-2-3-4-6-14-9(13)12-5-7-15-8(10)11/h2-7H2,1H3,(H3,10,11)(H,12,13). The van der Waals surface area contributed by atoms with Gasteiger partial charge in [-0.05, 0) is 6.42 Å². The average molecular weight is 233 g/mol. The zero-order chi connectivity index (χ0) is 11.5. The van der Waals surface area contributed by atoms with Crippen molar-refractivity contribution in [1.29, 1.82) is 5.41 Å². The fourth-order valence-electron chi connectivity index (χ4n) is 0.882. The lowest BCUT2D eigenvalue weighted by Gasteiger charge is -2.05. The highest BCUT2D eigenvalue weighted by atomic mass is 32.2. The summed E-state index contributed by atoms with van der Waals surface area (Å²) in [4.78, 5) is 11.0. The summed E-state index contributed by atoms with van der Waals surface area (Å²) in [6, 6.07) is 0. The lowest BCUT2D eigenvalue weighted by Crippen LogP contribution is -2.27. The molecule has 15 heavy (non-hydrogen) atoms. The van der Waals surface area contributed by atoms with Gasteiger partial charge in [-0.2, -0.15) is 0 Å². The van der Waals surface area contributed by atoms with Crippen LogP contribution in [0.15, 0.2) is 0 Å². The largest absolute Gasteiger partial charge is 0.450 e. The third kappa shape index (κ3) is 11.0. The molecular weight excluding hydrogens is 214 g/mol. The fourth-order valence-corrected chi connectivity index (χ4v) is 1.31. The second-order valence-electron chi connectivity index (χ2n) is 2.98. The van der Waals surface area contributed by atoms with Crippen LogP contribution in [0.25, 0.3) is 0 Å². The van der Waals surface area contributed by atoms with Crippen molar-refractivity contribution in [3.8, 4) is 0 Å². The van der Waals surface area contributed by atoms with Crippen LogP contribution in [0.5, 0.6) is 0 Å². The first-order valence-corrected chi connectivity index (χ1v) is 6.02. The van der Waals surface area contributed by atoms with Gasteiger partial charge in [0, 0.05) is 12.3 Å². The number of carbonyl (C=O) groups excluding carboxylic acids is 1. The molecule has 0 heterocycles. The average Bonchev–Trinajstić information content (AvgIpc) is 2.19. The van der Waals surface area contributed by atoms with Crippen molar-refractivity contribution < 1.29 is 9.53 Å². The second kappa shape index (κ2) is 9.64. The minimum atomic E-state index is -0.393. The Hall–Kier alpha value is -0.910. The van der Waals surface area contributed by atoms with Crippen molar-refractivity contribution in [3.63, 3.8) is 0 Å². The number of unbranched alkanes of at least 4 members (excludes halogenated alkanes) is 2. The molecule has 0 radical (unpaired) electrons. The van der Waals surface area contributed by atoms with E-state index in [2.05, 4.69) is 12.2 Å². The van der Waals surface area contributed by atoms with Gasteiger partial charge in [0.05, 0.1) is 6.61 Å². The molecule has 0 aromatic carbocycles. The van der Waals surface area contributed by atoms with Crippen LogP contribution < -0.4 is 11.1 Å². The summed E-state index contributed by atoms with van der Waals surface area (Å²) in [6.07, 6.45) is 2.70. The van der Waals surface area contributed by atoms with Crippen LogP contribution in [0, 0.1) is 5.41 Å². The van der Waals surface area contributed by atoms with Gasteiger partial charge < -0.3 is 15.8 Å². The van der Waals surface area contributed by atoms with Crippen molar-refractivity contribution in [2.75, 3.05) is 18.9 Å². The summed E-state index contributed by atoms with van der Waals surface area (Å²) in [6.45, 7) is 3.04. The normalized spacial score (nSPS) is 9.67. The van der Waals surface area contributed by atoms with Crippen LogP contribution in [0.1, 0.15) is 26.2 Å². The van der Waals surface area contributed by atoms with E-state index < -0.39 is 6.09 Å². The zero-order valence-electron chi connectivity index (χ0n) is 9.04. The van der Waals surface area contributed by atoms with Gasteiger partial charge in [0.15, 0.2) is 5.17 Å². The predicted molar refractivity (Wildman–Crippen MR) is 63.2 cm³/mol. The topological polar surface area (TPSA) is 88.2 Å². The quantitative estimate of drug-likeness (QED) is 0.353. The van der Waals surface area contributed by atoms with E-state index in [9.17, 15) is 4.79 Å². The number of rotatable bonds is 7. The summed E-state index contributed by atoms with van der Waals surface area (Å²) < 4.78 is 4.91. The molecule has 0 rings (SSSR count). The highest BCUT2D eigenvalue weighted by molar-refractivity contribution is 8.13. The number of amidine groups is 1. The van der Waals surface area contributed by atoms with Crippen LogP contribution in [0.3, 0.4) is 0 Å². The molecule has 1 amide bonds. The fraction of sp³-hybridized carbons (Fsp3) is 0.778. The monoisotopic (exact) mass is 233 g/mol. The summed E-state index contributed by atoms with van der Waals surface area (Å²) in [5, 5.41) is 9.58. The number of hydrogen-bond donors (Lipinski definition) is 3. The van der Waals surface area contributed by atoms with Gasteiger partial charge in [-0.25, -0.2) is 4.79 Å². The Kier molecular flexibility index (Phi) is 9.05. The molecule has 0 fully saturated rings. The Morgan fingerprint density at radius 1 is 1.53 bits per heavy atom. The summed E-state index contributed by atoms with van der Waals surface area (Å²) in [5.74, 6) is 0.597. The highest BCUT2D eigenvalue weighted by Gasteiger charge is 2.00. The number of hydrogen-bond acceptors (Lipinski definition) is 4. The Morgan fingerprint density at radius 2 is 2.27 bits per heavy atom. The van der Waals surface area contributed by atoms with Crippen molar-refractivity contribution in [2.45, 2.75) is 26.2 Å². The molecule has 0 bridgehead atoms. The number of thioether (sulfide) groups is 1. The Morgan fingerprint density at radius 3 is 2.87 bits per heavy atom. The van der Waals surface area contributed by atoms with Gasteiger partial charge >= 0.3 is 6.09 Å². The molecule has 0 spiro atoms. The lowest BCUT2D eigenvalue weighted by molar-refractivity contribution is 0.144. The van der Waals surface area contributed by atoms with Crippen molar-refractivity contribution in [1.82, 2.24) is 5.32 Å². The first kappa shape index (κ1) is 14.1. The van der Waals surface area contributed by atoms with E-state index in [1.165, 1.54) is 11.8 Å². The third-order valence-electron chi connectivity index (χ3n) is 1.61. The van der Waals surface area contributed by atoms with Crippen LogP contribution in [0.2, 0.25) is 0 Å². The van der Waals surface area contributed by atoms with Crippen LogP contribution in [-0.4, -0.2) is 30.2 Å². The maximum Gasteiger partial charge on any atom is 0.407 e. The number of ether oxygens (including phenoxy) is 1. The van der Waals surface area contributed by atoms with Gasteiger partial charge in [-0.1, -0.05) is 31.5 Å². The summed E-state index contributed by atoms with van der Waals surface area (Å²) >= 11 is 1.20. The van der Waals surface area contributed by atoms with E-state index in [4.69, 9.17) is 15.9 Å².